The molecule has 96 heavy (non-hydrogen) atoms. The van der Waals surface area contributed by atoms with Gasteiger partial charge in [0.15, 0.2) is 0 Å². The minimum absolute atomic E-state index is 0.148. The lowest BCUT2D eigenvalue weighted by molar-refractivity contribution is -0.147. The summed E-state index contributed by atoms with van der Waals surface area (Å²) in [6.07, 6.45) is 0.562. The summed E-state index contributed by atoms with van der Waals surface area (Å²) in [5.74, 6) is -3.12. The van der Waals surface area contributed by atoms with Crippen LogP contribution in [0.5, 0.6) is 0 Å². The maximum absolute atomic E-state index is 12.3. The number of carbonyl (C=O) groups is 5. The first kappa shape index (κ1) is 90.3. The van der Waals surface area contributed by atoms with Crippen molar-refractivity contribution < 1.29 is 98.0 Å². The third-order valence-electron chi connectivity index (χ3n) is 12.3. The molecular formula is C68H105N2O21P5. The fourth-order valence-corrected chi connectivity index (χ4v) is 14.5. The highest BCUT2D eigenvalue weighted by molar-refractivity contribution is 7.61. The van der Waals surface area contributed by atoms with Gasteiger partial charge in [0.1, 0.15) is 19.4 Å². The van der Waals surface area contributed by atoms with Gasteiger partial charge in [-0.3, -0.25) is 47.3 Å². The van der Waals surface area contributed by atoms with Crippen LogP contribution < -0.4 is 10.8 Å². The van der Waals surface area contributed by atoms with E-state index in [4.69, 9.17) is 52.2 Å². The van der Waals surface area contributed by atoms with Crippen LogP contribution in [-0.4, -0.2) is 132 Å². The first-order valence-corrected chi connectivity index (χ1v) is 42.3. The van der Waals surface area contributed by atoms with Crippen molar-refractivity contribution in [2.45, 2.75) is 114 Å². The number of ether oxygens (including phenoxy) is 5. The van der Waals surface area contributed by atoms with Gasteiger partial charge in [0, 0.05) is 51.8 Å². The van der Waals surface area contributed by atoms with Crippen LogP contribution in [-0.2, 0) is 126 Å². The van der Waals surface area contributed by atoms with Gasteiger partial charge in [-0.2, -0.15) is 0 Å². The van der Waals surface area contributed by atoms with Crippen LogP contribution in [0.15, 0.2) is 152 Å². The Bertz CT molecular complexity index is 3040. The average molecular weight is 1440 g/mol. The van der Waals surface area contributed by atoms with Crippen LogP contribution in [0.4, 0.5) is 0 Å². The van der Waals surface area contributed by atoms with E-state index in [0.717, 1.165) is 27.8 Å². The summed E-state index contributed by atoms with van der Waals surface area (Å²) >= 11 is 0. The maximum atomic E-state index is 12.3. The van der Waals surface area contributed by atoms with E-state index in [1.54, 1.807) is 82.6 Å². The van der Waals surface area contributed by atoms with Gasteiger partial charge in [-0.25, -0.2) is 0 Å². The zero-order chi connectivity index (χ0) is 72.8. The predicted molar refractivity (Wildman–Crippen MR) is 378 cm³/mol. The highest BCUT2D eigenvalue weighted by atomic mass is 31.2. The average Bonchev–Trinajstić information content (AvgIpc) is 0.967. The molecule has 5 aromatic carbocycles. The number of carbonyl (C=O) groups excluding carboxylic acids is 5. The molecular weight excluding hydrogens is 1340 g/mol. The molecule has 9 unspecified atom stereocenters. The first-order chi connectivity index (χ1) is 45.0. The Morgan fingerprint density at radius 1 is 0.375 bits per heavy atom. The molecule has 0 aliphatic rings. The summed E-state index contributed by atoms with van der Waals surface area (Å²) < 4.78 is 110. The van der Waals surface area contributed by atoms with Crippen molar-refractivity contribution in [3.63, 3.8) is 0 Å². The van der Waals surface area contributed by atoms with Crippen LogP contribution in [0.25, 0.3) is 0 Å². The lowest BCUT2D eigenvalue weighted by Crippen LogP contribution is -2.35. The van der Waals surface area contributed by atoms with E-state index < -0.39 is 73.0 Å². The highest BCUT2D eigenvalue weighted by Gasteiger charge is 2.30. The SMILES string of the molecule is CCOC(=O)C(C)CP(C)(=O)NC(C)C(=O)OCC.CCOC(=O)C(C)CP(C)(=O)OCc1ccccc1.CCOC(=O)C(C)CP(C)(=O)OCc1ccccc1.CCOC(=O)C(C)N.CP(=O)(O)OCc1ccccc1.CP(=O)(OCc1ccccc1)OCc1ccccc1. The van der Waals surface area contributed by atoms with Gasteiger partial charge in [0.25, 0.3) is 0 Å². The molecule has 5 aromatic rings. The monoisotopic (exact) mass is 1440 g/mol. The number of nitrogens with one attached hydrogen (secondary N) is 1. The second kappa shape index (κ2) is 49.7. The van der Waals surface area contributed by atoms with Crippen molar-refractivity contribution in [1.29, 1.82) is 0 Å². The Hall–Kier alpha value is -5.72. The van der Waals surface area contributed by atoms with Gasteiger partial charge in [0.05, 0.1) is 83.8 Å². The van der Waals surface area contributed by atoms with Crippen molar-refractivity contribution in [2.24, 2.45) is 23.5 Å². The third-order valence-corrected chi connectivity index (χ3v) is 20.0. The Morgan fingerprint density at radius 3 is 0.865 bits per heavy atom. The molecule has 5 rings (SSSR count). The molecule has 0 fully saturated rings. The van der Waals surface area contributed by atoms with Crippen molar-refractivity contribution in [3.8, 4) is 0 Å². The summed E-state index contributed by atoms with van der Waals surface area (Å²) in [4.78, 5) is 65.1. The molecule has 0 amide bonds. The molecule has 0 bridgehead atoms. The molecule has 0 radical (unpaired) electrons. The minimum Gasteiger partial charge on any atom is -0.466 e. The molecule has 0 saturated heterocycles. The summed E-state index contributed by atoms with van der Waals surface area (Å²) in [5.41, 5.74) is 9.94. The topological polar surface area (TPSA) is 321 Å². The molecule has 0 saturated carbocycles. The Labute approximate surface area is 569 Å². The number of hydrogen-bond donors (Lipinski definition) is 3. The van der Waals surface area contributed by atoms with E-state index in [2.05, 4.69) is 9.82 Å². The summed E-state index contributed by atoms with van der Waals surface area (Å²) in [6.45, 7) is 27.3. The second-order valence-electron chi connectivity index (χ2n) is 22.1. The molecule has 0 aliphatic carbocycles. The first-order valence-electron chi connectivity index (χ1n) is 31.4. The van der Waals surface area contributed by atoms with E-state index in [0.29, 0.717) is 52.9 Å². The van der Waals surface area contributed by atoms with Crippen molar-refractivity contribution in [1.82, 2.24) is 5.09 Å². The molecule has 0 aliphatic heterocycles. The van der Waals surface area contributed by atoms with E-state index in [9.17, 15) is 46.8 Å². The van der Waals surface area contributed by atoms with Gasteiger partial charge in [-0.05, 0) is 76.3 Å². The summed E-state index contributed by atoms with van der Waals surface area (Å²) in [7, 11) is -14.8. The van der Waals surface area contributed by atoms with Crippen molar-refractivity contribution in [3.05, 3.63) is 179 Å². The van der Waals surface area contributed by atoms with Crippen LogP contribution in [0.3, 0.4) is 0 Å². The summed E-state index contributed by atoms with van der Waals surface area (Å²) in [6, 6.07) is 46.5. The van der Waals surface area contributed by atoms with Crippen LogP contribution >= 0.6 is 37.2 Å². The normalized spacial score (nSPS) is 14.8. The summed E-state index contributed by atoms with van der Waals surface area (Å²) in [5, 5.41) is 2.74. The van der Waals surface area contributed by atoms with Crippen LogP contribution in [0, 0.1) is 17.8 Å². The molecule has 0 heterocycles. The lowest BCUT2D eigenvalue weighted by Gasteiger charge is -2.21. The van der Waals surface area contributed by atoms with Crippen LogP contribution in [0.2, 0.25) is 0 Å². The van der Waals surface area contributed by atoms with E-state index in [1.165, 1.54) is 20.0 Å². The molecule has 23 nitrogen and oxygen atoms in total. The third kappa shape index (κ3) is 47.3. The molecule has 0 aromatic heterocycles. The van der Waals surface area contributed by atoms with Gasteiger partial charge in [0.2, 0.25) is 14.7 Å². The van der Waals surface area contributed by atoms with Gasteiger partial charge >= 0.3 is 45.0 Å². The molecule has 0 spiro atoms. The molecule has 9 atom stereocenters. The number of nitrogens with two attached hydrogens (primary N) is 1. The predicted octanol–water partition coefficient (Wildman–Crippen LogP) is 14.4. The van der Waals surface area contributed by atoms with Crippen LogP contribution in [0.1, 0.15) is 97.1 Å². The number of hydrogen-bond acceptors (Lipinski definition) is 21. The van der Waals surface area contributed by atoms with E-state index >= 15 is 0 Å². The van der Waals surface area contributed by atoms with Gasteiger partial charge in [-0.1, -0.05) is 172 Å². The smallest absolute Gasteiger partial charge is 0.328 e. The Balaban J connectivity index is 0.00000115. The zero-order valence-corrected chi connectivity index (χ0v) is 62.9. The van der Waals surface area contributed by atoms with Crippen molar-refractivity contribution in [2.75, 3.05) is 84.8 Å². The zero-order valence-electron chi connectivity index (χ0n) is 58.4. The highest BCUT2D eigenvalue weighted by Crippen LogP contribution is 2.47. The minimum atomic E-state index is -3.33. The number of rotatable bonds is 33. The number of benzene rings is 5. The van der Waals surface area contributed by atoms with E-state index in [1.807, 2.05) is 152 Å². The maximum Gasteiger partial charge on any atom is 0.328 e. The number of esters is 5. The second-order valence-corrected chi connectivity index (χ2v) is 34.2. The molecule has 538 valence electrons. The Morgan fingerprint density at radius 2 is 0.615 bits per heavy atom. The standard InChI is InChI=1S/C15H17O3P.2C14H21O4P.C12H24NO5P.C8H11O3P.C5H11NO2/c1-19(16,17-12-14-8-4-2-5-9-14)18-13-15-10-6-3-7-11-15;2*1-4-17-14(15)12(2)11-19(3,16)18-10-13-8-6-5-7-9-13;1-6-17-11(14)9(3)8-19(5,16)13-10(4)12(15)18-7-2;1-12(9,10)11-7-8-5-3-2-4-6-8;1-3-8-5(7)4(2)6/h2-11H,12-13H2,1H3;2*5-9,12H,4,10-11H2,1-3H3;9-10H,6-8H2,1-5H3,(H,13,16);2-6H,7H2,1H3,(H,9,10);4H,3,6H2,1-2H3. The fourth-order valence-electron chi connectivity index (χ4n) is 7.66. The molecule has 4 N–H and O–H groups in total. The van der Waals surface area contributed by atoms with Gasteiger partial charge in [-0.15, -0.1) is 0 Å². The fraction of sp³-hybridized carbons (Fsp3) is 0.485. The lowest BCUT2D eigenvalue weighted by atomic mass is 10.2. The molecule has 28 heteroatoms. The largest absolute Gasteiger partial charge is 0.466 e. The van der Waals surface area contributed by atoms with Crippen molar-refractivity contribution >= 4 is 67.1 Å². The quantitative estimate of drug-likeness (QED) is 0.0200. The van der Waals surface area contributed by atoms with Gasteiger partial charge < -0.3 is 61.5 Å². The Kier molecular flexibility index (Phi) is 46.8. The van der Waals surface area contributed by atoms with E-state index in [-0.39, 0.29) is 55.6 Å².